The van der Waals surface area contributed by atoms with Crippen LogP contribution in [0, 0.1) is 12.3 Å². The highest BCUT2D eigenvalue weighted by molar-refractivity contribution is 5.43. The molecule has 1 unspecified atom stereocenters. The Hall–Kier alpha value is -1.66. The largest absolute Gasteiger partial charge is 0.493 e. The number of likely N-dealkylation sites (N-methyl/N-ethyl adjacent to an activating group) is 1. The number of methoxy groups -OCH3 is 2. The van der Waals surface area contributed by atoms with Crippen molar-refractivity contribution in [3.05, 3.63) is 23.8 Å². The Bertz CT molecular complexity index is 423. The lowest BCUT2D eigenvalue weighted by Gasteiger charge is -2.17. The predicted octanol–water partition coefficient (Wildman–Crippen LogP) is 2.64. The summed E-state index contributed by atoms with van der Waals surface area (Å²) in [5.74, 6) is 4.22. The van der Waals surface area contributed by atoms with Crippen LogP contribution in [0.3, 0.4) is 0 Å². The van der Waals surface area contributed by atoms with E-state index in [0.717, 1.165) is 37.2 Å². The molecule has 1 rings (SSSR count). The Kier molecular flexibility index (Phi) is 6.84. The molecular formula is C16H23NO2. The molecule has 1 N–H and O–H groups in total. The Morgan fingerprint density at radius 1 is 1.26 bits per heavy atom. The third kappa shape index (κ3) is 4.84. The van der Waals surface area contributed by atoms with Crippen LogP contribution >= 0.6 is 0 Å². The predicted molar refractivity (Wildman–Crippen MR) is 78.8 cm³/mol. The van der Waals surface area contributed by atoms with Crippen molar-refractivity contribution < 1.29 is 9.47 Å². The average Bonchev–Trinajstić information content (AvgIpc) is 2.46. The summed E-state index contributed by atoms with van der Waals surface area (Å²) in [6.45, 7) is 0. The molecule has 0 aliphatic heterocycles. The first kappa shape index (κ1) is 15.4. The zero-order valence-electron chi connectivity index (χ0n) is 12.0. The van der Waals surface area contributed by atoms with Gasteiger partial charge >= 0.3 is 0 Å². The van der Waals surface area contributed by atoms with Gasteiger partial charge in [0, 0.05) is 12.5 Å². The van der Waals surface area contributed by atoms with Crippen molar-refractivity contribution in [2.75, 3.05) is 21.3 Å². The van der Waals surface area contributed by atoms with Crippen molar-refractivity contribution in [3.8, 4) is 23.8 Å². The van der Waals surface area contributed by atoms with Gasteiger partial charge in [-0.25, -0.2) is 0 Å². The molecule has 0 aliphatic rings. The van der Waals surface area contributed by atoms with Crippen molar-refractivity contribution >= 4 is 0 Å². The van der Waals surface area contributed by atoms with E-state index in [-0.39, 0.29) is 0 Å². The van der Waals surface area contributed by atoms with Gasteiger partial charge in [-0.1, -0.05) is 6.07 Å². The summed E-state index contributed by atoms with van der Waals surface area (Å²) in [6, 6.07) is 6.49. The molecule has 19 heavy (non-hydrogen) atoms. The molecule has 1 aromatic carbocycles. The molecule has 1 atom stereocenters. The van der Waals surface area contributed by atoms with Crippen molar-refractivity contribution in [3.63, 3.8) is 0 Å². The maximum atomic E-state index is 5.32. The zero-order chi connectivity index (χ0) is 14.1. The van der Waals surface area contributed by atoms with Gasteiger partial charge in [-0.2, -0.15) is 0 Å². The highest BCUT2D eigenvalue weighted by Crippen LogP contribution is 2.28. The number of hydrogen-bond acceptors (Lipinski definition) is 3. The SMILES string of the molecule is C#CCCCC(Cc1ccc(OC)c(OC)c1)NC. The average molecular weight is 261 g/mol. The van der Waals surface area contributed by atoms with Gasteiger partial charge in [0.15, 0.2) is 11.5 Å². The first-order valence-electron chi connectivity index (χ1n) is 6.56. The second-order valence-electron chi connectivity index (χ2n) is 4.48. The molecule has 0 bridgehead atoms. The first-order valence-corrected chi connectivity index (χ1v) is 6.56. The van der Waals surface area contributed by atoms with Gasteiger partial charge in [0.25, 0.3) is 0 Å². The molecule has 0 aliphatic carbocycles. The number of terminal acetylenes is 1. The second kappa shape index (κ2) is 8.44. The molecule has 0 aromatic heterocycles. The fourth-order valence-electron chi connectivity index (χ4n) is 2.09. The topological polar surface area (TPSA) is 30.5 Å². The number of nitrogens with one attached hydrogen (secondary N) is 1. The van der Waals surface area contributed by atoms with Gasteiger partial charge in [-0.3, -0.25) is 0 Å². The minimum absolute atomic E-state index is 0.437. The van der Waals surface area contributed by atoms with E-state index in [9.17, 15) is 0 Å². The maximum absolute atomic E-state index is 5.32. The third-order valence-corrected chi connectivity index (χ3v) is 3.21. The lowest BCUT2D eigenvalue weighted by Crippen LogP contribution is -2.27. The standard InChI is InChI=1S/C16H23NO2/c1-5-6-7-8-14(17-2)11-13-9-10-15(18-3)16(12-13)19-4/h1,9-10,12,14,17H,6-8,11H2,2-4H3. The van der Waals surface area contributed by atoms with Crippen LogP contribution < -0.4 is 14.8 Å². The molecule has 0 saturated heterocycles. The van der Waals surface area contributed by atoms with Crippen LogP contribution in [0.2, 0.25) is 0 Å². The smallest absolute Gasteiger partial charge is 0.160 e. The Balaban J connectivity index is 2.66. The quantitative estimate of drug-likeness (QED) is 0.576. The molecule has 0 saturated carbocycles. The van der Waals surface area contributed by atoms with E-state index in [0.29, 0.717) is 6.04 Å². The summed E-state index contributed by atoms with van der Waals surface area (Å²) < 4.78 is 10.6. The molecule has 1 aromatic rings. The third-order valence-electron chi connectivity index (χ3n) is 3.21. The molecular weight excluding hydrogens is 238 g/mol. The van der Waals surface area contributed by atoms with E-state index in [4.69, 9.17) is 15.9 Å². The first-order chi connectivity index (χ1) is 9.24. The fourth-order valence-corrected chi connectivity index (χ4v) is 2.09. The van der Waals surface area contributed by atoms with Crippen molar-refractivity contribution in [1.82, 2.24) is 5.32 Å². The number of ether oxygens (including phenoxy) is 2. The zero-order valence-corrected chi connectivity index (χ0v) is 12.0. The van der Waals surface area contributed by atoms with Crippen LogP contribution in [-0.2, 0) is 6.42 Å². The summed E-state index contributed by atoms with van der Waals surface area (Å²) in [5, 5.41) is 3.33. The molecule has 0 radical (unpaired) electrons. The lowest BCUT2D eigenvalue weighted by atomic mass is 10.0. The van der Waals surface area contributed by atoms with Crippen LogP contribution in [0.25, 0.3) is 0 Å². The van der Waals surface area contributed by atoms with Crippen LogP contribution in [0.5, 0.6) is 11.5 Å². The van der Waals surface area contributed by atoms with Crippen LogP contribution in [-0.4, -0.2) is 27.3 Å². The Morgan fingerprint density at radius 3 is 2.58 bits per heavy atom. The van der Waals surface area contributed by atoms with Gasteiger partial charge in [0.05, 0.1) is 14.2 Å². The monoisotopic (exact) mass is 261 g/mol. The summed E-state index contributed by atoms with van der Waals surface area (Å²) in [4.78, 5) is 0. The highest BCUT2D eigenvalue weighted by atomic mass is 16.5. The Labute approximate surface area is 116 Å². The van der Waals surface area contributed by atoms with Crippen molar-refractivity contribution in [2.45, 2.75) is 31.7 Å². The van der Waals surface area contributed by atoms with Gasteiger partial charge in [0.2, 0.25) is 0 Å². The van der Waals surface area contributed by atoms with Crippen LogP contribution in [0.1, 0.15) is 24.8 Å². The van der Waals surface area contributed by atoms with Crippen LogP contribution in [0.15, 0.2) is 18.2 Å². The van der Waals surface area contributed by atoms with E-state index in [2.05, 4.69) is 17.3 Å². The van der Waals surface area contributed by atoms with E-state index in [1.807, 2.05) is 19.2 Å². The number of hydrogen-bond donors (Lipinski definition) is 1. The van der Waals surface area contributed by atoms with E-state index in [1.54, 1.807) is 14.2 Å². The molecule has 0 heterocycles. The maximum Gasteiger partial charge on any atom is 0.160 e. The normalized spacial score (nSPS) is 11.7. The lowest BCUT2D eigenvalue weighted by molar-refractivity contribution is 0.354. The van der Waals surface area contributed by atoms with E-state index >= 15 is 0 Å². The van der Waals surface area contributed by atoms with Crippen molar-refractivity contribution in [2.24, 2.45) is 0 Å². The summed E-state index contributed by atoms with van der Waals surface area (Å²) in [6.07, 6.45) is 9.20. The summed E-state index contributed by atoms with van der Waals surface area (Å²) >= 11 is 0. The van der Waals surface area contributed by atoms with Gasteiger partial charge in [-0.15, -0.1) is 12.3 Å². The molecule has 3 heteroatoms. The van der Waals surface area contributed by atoms with Gasteiger partial charge < -0.3 is 14.8 Å². The van der Waals surface area contributed by atoms with E-state index in [1.165, 1.54) is 5.56 Å². The number of rotatable bonds is 8. The number of unbranched alkanes of at least 4 members (excludes halogenated alkanes) is 1. The van der Waals surface area contributed by atoms with Gasteiger partial charge in [-0.05, 0) is 44.0 Å². The summed E-state index contributed by atoms with van der Waals surface area (Å²) in [5.41, 5.74) is 1.23. The van der Waals surface area contributed by atoms with Crippen LogP contribution in [0.4, 0.5) is 0 Å². The number of benzene rings is 1. The summed E-state index contributed by atoms with van der Waals surface area (Å²) in [7, 11) is 5.29. The molecule has 0 spiro atoms. The minimum atomic E-state index is 0.437. The molecule has 0 fully saturated rings. The van der Waals surface area contributed by atoms with E-state index < -0.39 is 0 Å². The second-order valence-corrected chi connectivity index (χ2v) is 4.48. The highest BCUT2D eigenvalue weighted by Gasteiger charge is 2.10. The molecule has 104 valence electrons. The minimum Gasteiger partial charge on any atom is -0.493 e. The Morgan fingerprint density at radius 2 is 2.00 bits per heavy atom. The molecule has 3 nitrogen and oxygen atoms in total. The molecule has 0 amide bonds. The van der Waals surface area contributed by atoms with Crippen molar-refractivity contribution in [1.29, 1.82) is 0 Å². The fraction of sp³-hybridized carbons (Fsp3) is 0.500. The van der Waals surface area contributed by atoms with Gasteiger partial charge in [0.1, 0.15) is 0 Å².